The first-order valence-electron chi connectivity index (χ1n) is 5.86. The molecule has 0 unspecified atom stereocenters. The molecule has 0 spiro atoms. The Hall–Kier alpha value is -1.13. The zero-order valence-corrected chi connectivity index (χ0v) is 12.1. The van der Waals surface area contributed by atoms with Gasteiger partial charge >= 0.3 is 0 Å². The highest BCUT2D eigenvalue weighted by Crippen LogP contribution is 2.32. The van der Waals surface area contributed by atoms with Crippen LogP contribution in [0.15, 0.2) is 28.7 Å². The molecule has 0 radical (unpaired) electrons. The number of aryl methyl sites for hydroxylation is 2. The molecule has 0 saturated carbocycles. The Balaban J connectivity index is 1.95. The molecular weight excluding hydrogens is 310 g/mol. The molecule has 2 nitrogen and oxygen atoms in total. The molecule has 3 rings (SSSR count). The van der Waals surface area contributed by atoms with Gasteiger partial charge in [0.2, 0.25) is 5.78 Å². The van der Waals surface area contributed by atoms with Crippen LogP contribution in [0.25, 0.3) is 0 Å². The molecule has 0 atom stereocenters. The van der Waals surface area contributed by atoms with Gasteiger partial charge in [0, 0.05) is 20.6 Å². The minimum Gasteiger partial charge on any atom is -0.398 e. The molecule has 4 heteroatoms. The molecule has 0 aliphatic heterocycles. The molecule has 0 fully saturated rings. The molecule has 2 N–H and O–H groups in total. The van der Waals surface area contributed by atoms with E-state index in [2.05, 4.69) is 22.0 Å². The molecule has 1 aromatic carbocycles. The van der Waals surface area contributed by atoms with Gasteiger partial charge in [-0.1, -0.05) is 0 Å². The monoisotopic (exact) mass is 321 g/mol. The summed E-state index contributed by atoms with van der Waals surface area (Å²) in [5, 5.41) is 0. The fourth-order valence-electron chi connectivity index (χ4n) is 2.25. The molecule has 0 saturated heterocycles. The fraction of sp³-hybridized carbons (Fsp3) is 0.214. The number of halogens is 1. The zero-order valence-electron chi connectivity index (χ0n) is 9.70. The van der Waals surface area contributed by atoms with Crippen molar-refractivity contribution in [2.24, 2.45) is 0 Å². The smallest absolute Gasteiger partial charge is 0.203 e. The van der Waals surface area contributed by atoms with E-state index in [1.807, 2.05) is 0 Å². The second-order valence-corrected chi connectivity index (χ2v) is 6.47. The van der Waals surface area contributed by atoms with E-state index < -0.39 is 0 Å². The van der Waals surface area contributed by atoms with Crippen molar-refractivity contribution in [1.29, 1.82) is 0 Å². The number of carbonyl (C=O) groups is 1. The summed E-state index contributed by atoms with van der Waals surface area (Å²) in [7, 11) is 0. The third kappa shape index (κ3) is 1.99. The number of thiophene rings is 1. The van der Waals surface area contributed by atoms with Crippen LogP contribution in [0.2, 0.25) is 0 Å². The molecule has 1 heterocycles. The molecule has 0 bridgehead atoms. The molecule has 1 aliphatic carbocycles. The Morgan fingerprint density at radius 3 is 2.83 bits per heavy atom. The third-order valence-electron chi connectivity index (χ3n) is 3.23. The van der Waals surface area contributed by atoms with Crippen LogP contribution in [0, 0.1) is 0 Å². The number of carbonyl (C=O) groups excluding carboxylic acids is 1. The molecule has 92 valence electrons. The SMILES string of the molecule is Nc1ccc(C(=O)c2cc3c(s2)CCC3)cc1Br. The van der Waals surface area contributed by atoms with E-state index in [-0.39, 0.29) is 5.78 Å². The zero-order chi connectivity index (χ0) is 12.7. The molecular formula is C14H12BrNOS. The normalized spacial score (nSPS) is 13.6. The van der Waals surface area contributed by atoms with Gasteiger partial charge in [-0.15, -0.1) is 11.3 Å². The van der Waals surface area contributed by atoms with Gasteiger partial charge in [0.25, 0.3) is 0 Å². The van der Waals surface area contributed by atoms with E-state index in [1.54, 1.807) is 29.5 Å². The first kappa shape index (κ1) is 11.9. The van der Waals surface area contributed by atoms with Crippen molar-refractivity contribution >= 4 is 38.7 Å². The summed E-state index contributed by atoms with van der Waals surface area (Å²) >= 11 is 5.00. The Labute approximate surface area is 118 Å². The summed E-state index contributed by atoms with van der Waals surface area (Å²) in [4.78, 5) is 14.6. The van der Waals surface area contributed by atoms with Gasteiger partial charge in [0.1, 0.15) is 0 Å². The van der Waals surface area contributed by atoms with E-state index in [1.165, 1.54) is 16.9 Å². The maximum atomic E-state index is 12.4. The van der Waals surface area contributed by atoms with Crippen LogP contribution in [0.1, 0.15) is 32.1 Å². The number of hydrogen-bond acceptors (Lipinski definition) is 3. The summed E-state index contributed by atoms with van der Waals surface area (Å²) in [6.07, 6.45) is 3.46. The van der Waals surface area contributed by atoms with Crippen LogP contribution < -0.4 is 5.73 Å². The van der Waals surface area contributed by atoms with E-state index in [0.717, 1.165) is 22.2 Å². The molecule has 18 heavy (non-hydrogen) atoms. The van der Waals surface area contributed by atoms with Crippen molar-refractivity contribution in [1.82, 2.24) is 0 Å². The minimum absolute atomic E-state index is 0.0927. The van der Waals surface area contributed by atoms with Crippen LogP contribution >= 0.6 is 27.3 Å². The van der Waals surface area contributed by atoms with E-state index in [4.69, 9.17) is 5.73 Å². The highest BCUT2D eigenvalue weighted by atomic mass is 79.9. The number of ketones is 1. The maximum Gasteiger partial charge on any atom is 0.203 e. The van der Waals surface area contributed by atoms with Crippen molar-refractivity contribution < 1.29 is 4.79 Å². The van der Waals surface area contributed by atoms with Crippen molar-refractivity contribution in [3.05, 3.63) is 49.6 Å². The van der Waals surface area contributed by atoms with Crippen molar-refractivity contribution in [3.63, 3.8) is 0 Å². The van der Waals surface area contributed by atoms with Gasteiger partial charge in [-0.25, -0.2) is 0 Å². The van der Waals surface area contributed by atoms with Gasteiger partial charge in [0.15, 0.2) is 0 Å². The molecule has 1 aliphatic rings. The number of benzene rings is 1. The summed E-state index contributed by atoms with van der Waals surface area (Å²) in [5.41, 5.74) is 8.43. The third-order valence-corrected chi connectivity index (χ3v) is 5.16. The lowest BCUT2D eigenvalue weighted by molar-refractivity contribution is 0.104. The lowest BCUT2D eigenvalue weighted by atomic mass is 10.1. The van der Waals surface area contributed by atoms with Gasteiger partial charge in [-0.2, -0.15) is 0 Å². The number of nitrogen functional groups attached to an aromatic ring is 1. The van der Waals surface area contributed by atoms with E-state index >= 15 is 0 Å². The van der Waals surface area contributed by atoms with Gasteiger partial charge in [-0.05, 0) is 65.0 Å². The lowest BCUT2D eigenvalue weighted by Crippen LogP contribution is -1.99. The fourth-order valence-corrected chi connectivity index (χ4v) is 3.85. The lowest BCUT2D eigenvalue weighted by Gasteiger charge is -2.02. The van der Waals surface area contributed by atoms with Crippen molar-refractivity contribution in [2.75, 3.05) is 5.73 Å². The average Bonchev–Trinajstić information content (AvgIpc) is 2.92. The number of hydrogen-bond donors (Lipinski definition) is 1. The van der Waals surface area contributed by atoms with Gasteiger partial charge in [0.05, 0.1) is 4.88 Å². The van der Waals surface area contributed by atoms with Crippen LogP contribution in [0.5, 0.6) is 0 Å². The van der Waals surface area contributed by atoms with Crippen LogP contribution in [-0.2, 0) is 12.8 Å². The topological polar surface area (TPSA) is 43.1 Å². The molecule has 1 aromatic heterocycles. The Morgan fingerprint density at radius 1 is 1.28 bits per heavy atom. The predicted molar refractivity (Wildman–Crippen MR) is 78.3 cm³/mol. The summed E-state index contributed by atoms with van der Waals surface area (Å²) in [5.74, 6) is 0.0927. The quantitative estimate of drug-likeness (QED) is 0.675. The average molecular weight is 322 g/mol. The Kier molecular flexibility index (Phi) is 2.99. The first-order chi connectivity index (χ1) is 8.65. The Bertz CT molecular complexity index is 611. The number of fused-ring (bicyclic) bond motifs is 1. The number of nitrogens with two attached hydrogens (primary N) is 1. The summed E-state index contributed by atoms with van der Waals surface area (Å²) in [6, 6.07) is 7.40. The Morgan fingerprint density at radius 2 is 2.11 bits per heavy atom. The van der Waals surface area contributed by atoms with Crippen molar-refractivity contribution in [3.8, 4) is 0 Å². The molecule has 0 amide bonds. The summed E-state index contributed by atoms with van der Waals surface area (Å²) in [6.45, 7) is 0. The van der Waals surface area contributed by atoms with Crippen molar-refractivity contribution in [2.45, 2.75) is 19.3 Å². The largest absolute Gasteiger partial charge is 0.398 e. The minimum atomic E-state index is 0.0927. The highest BCUT2D eigenvalue weighted by Gasteiger charge is 2.19. The van der Waals surface area contributed by atoms with Gasteiger partial charge in [-0.3, -0.25) is 4.79 Å². The first-order valence-corrected chi connectivity index (χ1v) is 7.47. The van der Waals surface area contributed by atoms with Crippen LogP contribution in [0.4, 0.5) is 5.69 Å². The van der Waals surface area contributed by atoms with E-state index in [0.29, 0.717) is 11.3 Å². The molecule has 2 aromatic rings. The van der Waals surface area contributed by atoms with Crippen LogP contribution in [0.3, 0.4) is 0 Å². The number of rotatable bonds is 2. The maximum absolute atomic E-state index is 12.4. The second kappa shape index (κ2) is 4.52. The number of anilines is 1. The highest BCUT2D eigenvalue weighted by molar-refractivity contribution is 9.10. The standard InChI is InChI=1S/C14H12BrNOS/c15-10-6-9(4-5-11(10)16)14(17)13-7-8-2-1-3-12(8)18-13/h4-7H,1-3,16H2. The second-order valence-electron chi connectivity index (χ2n) is 4.48. The van der Waals surface area contributed by atoms with Crippen LogP contribution in [-0.4, -0.2) is 5.78 Å². The summed E-state index contributed by atoms with van der Waals surface area (Å²) < 4.78 is 0.775. The van der Waals surface area contributed by atoms with E-state index in [9.17, 15) is 4.79 Å². The van der Waals surface area contributed by atoms with Gasteiger partial charge < -0.3 is 5.73 Å². The predicted octanol–water partition coefficient (Wildman–Crippen LogP) is 3.81.